The Morgan fingerprint density at radius 2 is 2.11 bits per heavy atom. The average Bonchev–Trinajstić information content (AvgIpc) is 2.74. The lowest BCUT2D eigenvalue weighted by atomic mass is 9.97. The highest BCUT2D eigenvalue weighted by Gasteiger charge is 2.21. The second-order valence-electron chi connectivity index (χ2n) is 4.30. The van der Waals surface area contributed by atoms with Crippen molar-refractivity contribution in [2.45, 2.75) is 26.0 Å². The van der Waals surface area contributed by atoms with Crippen LogP contribution in [0, 0.1) is 0 Å². The van der Waals surface area contributed by atoms with Gasteiger partial charge in [-0.1, -0.05) is 12.1 Å². The second kappa shape index (κ2) is 5.75. The minimum atomic E-state index is -0.944. The molecule has 0 atom stereocenters. The van der Waals surface area contributed by atoms with Crippen LogP contribution in [0.25, 0.3) is 11.0 Å². The summed E-state index contributed by atoms with van der Waals surface area (Å²) in [6, 6.07) is 5.57. The quantitative estimate of drug-likeness (QED) is 0.796. The molecule has 0 fully saturated rings. The Morgan fingerprint density at radius 1 is 1.44 bits per heavy atom. The van der Waals surface area contributed by atoms with E-state index in [-0.39, 0.29) is 6.54 Å². The zero-order chi connectivity index (χ0) is 13.8. The van der Waals surface area contributed by atoms with E-state index < -0.39 is 5.60 Å². The lowest BCUT2D eigenvalue weighted by molar-refractivity contribution is -0.108. The summed E-state index contributed by atoms with van der Waals surface area (Å²) >= 11 is 0. The third-order valence-electron chi connectivity index (χ3n) is 2.57. The number of nitrogens with two attached hydrogens (primary N) is 1. The molecule has 98 valence electrons. The van der Waals surface area contributed by atoms with Gasteiger partial charge in [-0.15, -0.1) is 0 Å². The number of rotatable bonds is 3. The largest absolute Gasteiger partial charge is 0.386 e. The zero-order valence-corrected chi connectivity index (χ0v) is 10.9. The van der Waals surface area contributed by atoms with E-state index in [0.29, 0.717) is 0 Å². The Bertz CT molecular complexity index is 527. The normalized spacial score (nSPS) is 10.9. The number of hydrogen-bond donors (Lipinski definition) is 2. The van der Waals surface area contributed by atoms with Gasteiger partial charge in [-0.3, -0.25) is 0 Å². The van der Waals surface area contributed by atoms with E-state index in [0.717, 1.165) is 22.9 Å². The van der Waals surface area contributed by atoms with Crippen LogP contribution in [-0.2, 0) is 16.9 Å². The molecule has 0 unspecified atom stereocenters. The summed E-state index contributed by atoms with van der Waals surface area (Å²) in [5.74, 6) is 0. The Morgan fingerprint density at radius 3 is 2.67 bits per heavy atom. The number of imidazole rings is 1. The van der Waals surface area contributed by atoms with Crippen LogP contribution < -0.4 is 5.73 Å². The van der Waals surface area contributed by atoms with Crippen LogP contribution in [0.5, 0.6) is 0 Å². The molecule has 2 rings (SSSR count). The molecule has 0 aliphatic rings. The van der Waals surface area contributed by atoms with Crippen molar-refractivity contribution in [3.8, 4) is 0 Å². The van der Waals surface area contributed by atoms with Crippen LogP contribution in [0.2, 0.25) is 0 Å². The maximum Gasteiger partial charge on any atom is 0.139 e. The predicted molar refractivity (Wildman–Crippen MR) is 71.2 cm³/mol. The van der Waals surface area contributed by atoms with Crippen molar-refractivity contribution in [1.29, 1.82) is 0 Å². The van der Waals surface area contributed by atoms with Crippen LogP contribution >= 0.6 is 0 Å². The number of para-hydroxylation sites is 1. The highest BCUT2D eigenvalue weighted by Crippen LogP contribution is 2.27. The van der Waals surface area contributed by atoms with Crippen LogP contribution in [0.4, 0.5) is 0 Å². The zero-order valence-electron chi connectivity index (χ0n) is 10.9. The van der Waals surface area contributed by atoms with Gasteiger partial charge in [0, 0.05) is 5.56 Å². The summed E-state index contributed by atoms with van der Waals surface area (Å²) in [5.41, 5.74) is 5.95. The van der Waals surface area contributed by atoms with Crippen molar-refractivity contribution in [3.63, 3.8) is 0 Å². The molecule has 0 aliphatic heterocycles. The molecule has 0 spiro atoms. The number of benzene rings is 1. The smallest absolute Gasteiger partial charge is 0.139 e. The molecule has 0 bridgehead atoms. The van der Waals surface area contributed by atoms with Gasteiger partial charge in [0.15, 0.2) is 0 Å². The van der Waals surface area contributed by atoms with E-state index >= 15 is 0 Å². The summed E-state index contributed by atoms with van der Waals surface area (Å²) in [6.07, 6.45) is 2.44. The third kappa shape index (κ3) is 2.75. The summed E-state index contributed by atoms with van der Waals surface area (Å²) in [4.78, 5) is 14.8. The number of aromatic nitrogens is 2. The number of fused-ring (bicyclic) bond motifs is 1. The van der Waals surface area contributed by atoms with E-state index in [9.17, 15) is 9.90 Å². The third-order valence-corrected chi connectivity index (χ3v) is 2.57. The number of aldehydes is 1. The van der Waals surface area contributed by atoms with Crippen LogP contribution in [0.1, 0.15) is 19.4 Å². The summed E-state index contributed by atoms with van der Waals surface area (Å²) < 4.78 is 1.75. The van der Waals surface area contributed by atoms with Crippen molar-refractivity contribution in [3.05, 3.63) is 30.1 Å². The minimum Gasteiger partial charge on any atom is -0.386 e. The summed E-state index contributed by atoms with van der Waals surface area (Å²) in [7, 11) is 1.50. The molecule has 2 aromatic rings. The molecule has 5 heteroatoms. The molecular formula is C13H19N3O2. The number of carbonyl (C=O) groups is 1. The molecule has 0 aliphatic carbocycles. The lowest BCUT2D eigenvalue weighted by Gasteiger charge is -2.19. The van der Waals surface area contributed by atoms with Crippen molar-refractivity contribution >= 4 is 17.3 Å². The van der Waals surface area contributed by atoms with E-state index in [1.54, 1.807) is 24.7 Å². The van der Waals surface area contributed by atoms with Crippen LogP contribution in [0.15, 0.2) is 24.5 Å². The Hall–Kier alpha value is -1.72. The van der Waals surface area contributed by atoms with Gasteiger partial charge >= 0.3 is 0 Å². The fraction of sp³-hybridized carbons (Fsp3) is 0.385. The maximum atomic E-state index is 10.6. The first-order valence-corrected chi connectivity index (χ1v) is 5.72. The van der Waals surface area contributed by atoms with Gasteiger partial charge in [0.1, 0.15) is 6.29 Å². The molecular weight excluding hydrogens is 230 g/mol. The average molecular weight is 249 g/mol. The highest BCUT2D eigenvalue weighted by atomic mass is 16.3. The van der Waals surface area contributed by atoms with Crippen molar-refractivity contribution < 1.29 is 9.90 Å². The standard InChI is InChI=1S/C12H14N2O2.CH5N/c1-12(2,16)9-4-3-5-10-11(9)14(6-7-15)8-13-10;1-2/h3-5,7-8,16H,6H2,1-2H3;2H2,1H3. The monoisotopic (exact) mass is 249 g/mol. The maximum absolute atomic E-state index is 10.6. The van der Waals surface area contributed by atoms with Gasteiger partial charge in [-0.05, 0) is 27.0 Å². The molecule has 1 heterocycles. The van der Waals surface area contributed by atoms with Crippen molar-refractivity contribution in [1.82, 2.24) is 9.55 Å². The molecule has 5 nitrogen and oxygen atoms in total. The molecule has 1 aromatic heterocycles. The molecule has 0 saturated heterocycles. The van der Waals surface area contributed by atoms with E-state index in [4.69, 9.17) is 0 Å². The highest BCUT2D eigenvalue weighted by molar-refractivity contribution is 5.80. The van der Waals surface area contributed by atoms with Crippen LogP contribution in [-0.4, -0.2) is 28.0 Å². The predicted octanol–water partition coefficient (Wildman–Crippen LogP) is 1.04. The molecule has 0 amide bonds. The molecule has 0 radical (unpaired) electrons. The second-order valence-corrected chi connectivity index (χ2v) is 4.30. The number of aliphatic hydroxyl groups is 1. The molecule has 1 aromatic carbocycles. The first-order chi connectivity index (χ1) is 8.54. The number of nitrogens with zero attached hydrogens (tertiary/aromatic N) is 2. The van der Waals surface area contributed by atoms with E-state index in [2.05, 4.69) is 10.7 Å². The minimum absolute atomic E-state index is 0.254. The fourth-order valence-corrected chi connectivity index (χ4v) is 1.84. The Balaban J connectivity index is 0.000000771. The van der Waals surface area contributed by atoms with Crippen LogP contribution in [0.3, 0.4) is 0 Å². The Labute approximate surface area is 106 Å². The topological polar surface area (TPSA) is 81.1 Å². The molecule has 0 saturated carbocycles. The first kappa shape index (κ1) is 14.3. The molecule has 3 N–H and O–H groups in total. The van der Waals surface area contributed by atoms with Gasteiger partial charge in [0.05, 0.1) is 29.5 Å². The fourth-order valence-electron chi connectivity index (χ4n) is 1.84. The van der Waals surface area contributed by atoms with E-state index in [1.165, 1.54) is 7.05 Å². The van der Waals surface area contributed by atoms with Gasteiger partial charge in [0.2, 0.25) is 0 Å². The Kier molecular flexibility index (Phi) is 4.58. The summed E-state index contributed by atoms with van der Waals surface area (Å²) in [6.45, 7) is 3.70. The van der Waals surface area contributed by atoms with Gasteiger partial charge in [-0.2, -0.15) is 0 Å². The van der Waals surface area contributed by atoms with Crippen molar-refractivity contribution in [2.24, 2.45) is 5.73 Å². The van der Waals surface area contributed by atoms with Crippen molar-refractivity contribution in [2.75, 3.05) is 7.05 Å². The van der Waals surface area contributed by atoms with Gasteiger partial charge in [0.25, 0.3) is 0 Å². The van der Waals surface area contributed by atoms with Gasteiger partial charge in [-0.25, -0.2) is 4.98 Å². The number of carbonyl (C=O) groups excluding carboxylic acids is 1. The summed E-state index contributed by atoms with van der Waals surface area (Å²) in [5, 5.41) is 10.1. The van der Waals surface area contributed by atoms with Gasteiger partial charge < -0.3 is 20.2 Å². The molecule has 18 heavy (non-hydrogen) atoms. The van der Waals surface area contributed by atoms with E-state index in [1.807, 2.05) is 18.2 Å². The first-order valence-electron chi connectivity index (χ1n) is 5.72. The number of hydrogen-bond acceptors (Lipinski definition) is 4. The SMILES string of the molecule is CC(C)(O)c1cccc2ncn(CC=O)c12.CN. The lowest BCUT2D eigenvalue weighted by Crippen LogP contribution is -2.17.